The Kier molecular flexibility index (Phi) is 3.10. The van der Waals surface area contributed by atoms with E-state index in [1.165, 1.54) is 4.90 Å². The minimum absolute atomic E-state index is 0.0289. The molecular weight excluding hydrogens is 268 g/mol. The van der Waals surface area contributed by atoms with Gasteiger partial charge < -0.3 is 4.90 Å². The third-order valence-electron chi connectivity index (χ3n) is 2.96. The Bertz CT molecular complexity index is 426. The second kappa shape index (κ2) is 4.37. The van der Waals surface area contributed by atoms with Gasteiger partial charge in [-0.2, -0.15) is 0 Å². The van der Waals surface area contributed by atoms with Gasteiger partial charge in [-0.1, -0.05) is 28.1 Å². The number of amidine groups is 1. The summed E-state index contributed by atoms with van der Waals surface area (Å²) in [5.74, 6) is 0.580. The molecule has 0 aliphatic carbocycles. The number of benzene rings is 1. The normalized spacial score (nSPS) is 21.4. The highest BCUT2D eigenvalue weighted by atomic mass is 79.9. The Hall–Kier alpha value is -1.16. The summed E-state index contributed by atoms with van der Waals surface area (Å²) in [6, 6.07) is 7.97. The topological polar surface area (TPSA) is 44.2 Å². The van der Waals surface area contributed by atoms with E-state index in [-0.39, 0.29) is 11.8 Å². The fourth-order valence-corrected chi connectivity index (χ4v) is 2.35. The molecule has 3 nitrogen and oxygen atoms in total. The zero-order chi connectivity index (χ0) is 11.7. The van der Waals surface area contributed by atoms with E-state index < -0.39 is 0 Å². The molecule has 1 aliphatic rings. The smallest absolute Gasteiger partial charge is 0.228 e. The van der Waals surface area contributed by atoms with Crippen molar-refractivity contribution in [2.75, 3.05) is 7.05 Å². The molecule has 0 spiro atoms. The number of nitrogens with one attached hydrogen (secondary N) is 1. The van der Waals surface area contributed by atoms with Crippen LogP contribution in [0.2, 0.25) is 0 Å². The van der Waals surface area contributed by atoms with Crippen molar-refractivity contribution < 1.29 is 4.79 Å². The van der Waals surface area contributed by atoms with Crippen molar-refractivity contribution in [3.05, 3.63) is 34.3 Å². The predicted molar refractivity (Wildman–Crippen MR) is 66.6 cm³/mol. The van der Waals surface area contributed by atoms with Gasteiger partial charge in [0, 0.05) is 24.4 Å². The standard InChI is InChI=1S/C12H13BrN2O/c1-15-11(14)6-9(7-12(15)16)8-3-2-4-10(13)5-8/h2-5,9,14H,6-7H2,1H3/t9-/m0/s1. The van der Waals surface area contributed by atoms with Gasteiger partial charge in [-0.25, -0.2) is 0 Å². The molecule has 0 unspecified atom stereocenters. The van der Waals surface area contributed by atoms with Crippen molar-refractivity contribution in [1.29, 1.82) is 5.41 Å². The monoisotopic (exact) mass is 280 g/mol. The van der Waals surface area contributed by atoms with Crippen LogP contribution in [-0.2, 0) is 4.79 Å². The van der Waals surface area contributed by atoms with Crippen LogP contribution in [-0.4, -0.2) is 23.7 Å². The largest absolute Gasteiger partial charge is 0.304 e. The number of rotatable bonds is 1. The molecule has 2 rings (SSSR count). The number of likely N-dealkylation sites (tertiary alicyclic amines) is 1. The fourth-order valence-electron chi connectivity index (χ4n) is 1.94. The minimum Gasteiger partial charge on any atom is -0.304 e. The molecule has 0 radical (unpaired) electrons. The number of nitrogens with zero attached hydrogens (tertiary/aromatic N) is 1. The van der Waals surface area contributed by atoms with Crippen LogP contribution < -0.4 is 0 Å². The maximum Gasteiger partial charge on any atom is 0.228 e. The molecule has 1 atom stereocenters. The molecule has 16 heavy (non-hydrogen) atoms. The number of hydrogen-bond donors (Lipinski definition) is 1. The van der Waals surface area contributed by atoms with Crippen LogP contribution in [0, 0.1) is 5.41 Å². The maximum atomic E-state index is 11.6. The lowest BCUT2D eigenvalue weighted by atomic mass is 9.88. The number of carbonyl (C=O) groups is 1. The maximum absolute atomic E-state index is 11.6. The molecule has 1 aromatic rings. The average Bonchev–Trinajstić information content (AvgIpc) is 2.25. The second-order valence-electron chi connectivity index (χ2n) is 4.06. The summed E-state index contributed by atoms with van der Waals surface area (Å²) >= 11 is 3.42. The lowest BCUT2D eigenvalue weighted by molar-refractivity contribution is -0.127. The van der Waals surface area contributed by atoms with E-state index in [1.807, 2.05) is 24.3 Å². The fraction of sp³-hybridized carbons (Fsp3) is 0.333. The van der Waals surface area contributed by atoms with Crippen molar-refractivity contribution in [1.82, 2.24) is 4.90 Å². The van der Waals surface area contributed by atoms with E-state index >= 15 is 0 Å². The molecule has 1 aromatic carbocycles. The van der Waals surface area contributed by atoms with E-state index in [4.69, 9.17) is 5.41 Å². The van der Waals surface area contributed by atoms with Gasteiger partial charge in [0.05, 0.1) is 0 Å². The van der Waals surface area contributed by atoms with Gasteiger partial charge in [-0.15, -0.1) is 0 Å². The molecule has 4 heteroatoms. The third-order valence-corrected chi connectivity index (χ3v) is 3.45. The number of piperidine rings is 1. The first-order valence-corrected chi connectivity index (χ1v) is 5.96. The molecule has 1 N–H and O–H groups in total. The molecule has 84 valence electrons. The van der Waals surface area contributed by atoms with Crippen LogP contribution in [0.3, 0.4) is 0 Å². The highest BCUT2D eigenvalue weighted by Gasteiger charge is 2.28. The molecule has 0 aromatic heterocycles. The lowest BCUT2D eigenvalue weighted by Gasteiger charge is -2.29. The van der Waals surface area contributed by atoms with Gasteiger partial charge in [0.15, 0.2) is 0 Å². The zero-order valence-corrected chi connectivity index (χ0v) is 10.6. The van der Waals surface area contributed by atoms with Gasteiger partial charge in [-0.3, -0.25) is 10.2 Å². The van der Waals surface area contributed by atoms with Crippen molar-refractivity contribution in [2.45, 2.75) is 18.8 Å². The molecule has 1 heterocycles. The first-order valence-electron chi connectivity index (χ1n) is 5.17. The van der Waals surface area contributed by atoms with Gasteiger partial charge in [0.2, 0.25) is 5.91 Å². The van der Waals surface area contributed by atoms with E-state index in [1.54, 1.807) is 7.05 Å². The number of amides is 1. The second-order valence-corrected chi connectivity index (χ2v) is 4.98. The number of hydrogen-bond acceptors (Lipinski definition) is 2. The summed E-state index contributed by atoms with van der Waals surface area (Å²) in [5, 5.41) is 7.75. The van der Waals surface area contributed by atoms with Gasteiger partial charge in [0.1, 0.15) is 5.84 Å². The summed E-state index contributed by atoms with van der Waals surface area (Å²) < 4.78 is 1.02. The van der Waals surface area contributed by atoms with Gasteiger partial charge >= 0.3 is 0 Å². The van der Waals surface area contributed by atoms with Crippen LogP contribution in [0.4, 0.5) is 0 Å². The molecule has 1 amide bonds. The SMILES string of the molecule is CN1C(=N)C[C@H](c2cccc(Br)c2)CC1=O. The summed E-state index contributed by atoms with van der Waals surface area (Å²) in [6.45, 7) is 0. The van der Waals surface area contributed by atoms with E-state index in [2.05, 4.69) is 15.9 Å². The summed E-state index contributed by atoms with van der Waals surface area (Å²) in [5.41, 5.74) is 1.13. The van der Waals surface area contributed by atoms with Crippen molar-refractivity contribution in [2.24, 2.45) is 0 Å². The van der Waals surface area contributed by atoms with Gasteiger partial charge in [0.25, 0.3) is 0 Å². The Balaban J connectivity index is 2.23. The Morgan fingerprint density at radius 2 is 2.19 bits per heavy atom. The highest BCUT2D eigenvalue weighted by molar-refractivity contribution is 9.10. The van der Waals surface area contributed by atoms with E-state index in [0.29, 0.717) is 18.7 Å². The lowest BCUT2D eigenvalue weighted by Crippen LogP contribution is -2.39. The van der Waals surface area contributed by atoms with Crippen LogP contribution in [0.25, 0.3) is 0 Å². The van der Waals surface area contributed by atoms with Crippen molar-refractivity contribution >= 4 is 27.7 Å². The molecule has 1 aliphatic heterocycles. The van der Waals surface area contributed by atoms with Crippen molar-refractivity contribution in [3.63, 3.8) is 0 Å². The summed E-state index contributed by atoms with van der Waals surface area (Å²) in [4.78, 5) is 13.1. The van der Waals surface area contributed by atoms with Crippen molar-refractivity contribution in [3.8, 4) is 0 Å². The van der Waals surface area contributed by atoms with E-state index in [9.17, 15) is 4.79 Å². The molecule has 0 saturated carbocycles. The predicted octanol–water partition coefficient (Wildman–Crippen LogP) is 2.76. The molecule has 0 bridgehead atoms. The highest BCUT2D eigenvalue weighted by Crippen LogP contribution is 2.30. The summed E-state index contributed by atoms with van der Waals surface area (Å²) in [6.07, 6.45) is 1.13. The molecular formula is C12H13BrN2O. The first kappa shape index (κ1) is 11.3. The Morgan fingerprint density at radius 3 is 2.81 bits per heavy atom. The number of carbonyl (C=O) groups excluding carboxylic acids is 1. The van der Waals surface area contributed by atoms with Crippen LogP contribution in [0.1, 0.15) is 24.3 Å². The van der Waals surface area contributed by atoms with Crippen LogP contribution in [0.5, 0.6) is 0 Å². The quantitative estimate of drug-likeness (QED) is 0.845. The zero-order valence-electron chi connectivity index (χ0n) is 9.03. The molecule has 1 saturated heterocycles. The first-order chi connectivity index (χ1) is 7.58. The molecule has 1 fully saturated rings. The van der Waals surface area contributed by atoms with Crippen LogP contribution in [0.15, 0.2) is 28.7 Å². The minimum atomic E-state index is 0.0289. The Labute approximate surface area is 103 Å². The summed E-state index contributed by atoms with van der Waals surface area (Å²) in [7, 11) is 1.67. The average molecular weight is 281 g/mol. The van der Waals surface area contributed by atoms with Gasteiger partial charge in [-0.05, 0) is 23.6 Å². The number of halogens is 1. The Morgan fingerprint density at radius 1 is 1.44 bits per heavy atom. The van der Waals surface area contributed by atoms with E-state index in [0.717, 1.165) is 10.0 Å². The third kappa shape index (κ3) is 2.16. The van der Waals surface area contributed by atoms with Crippen LogP contribution >= 0.6 is 15.9 Å².